The number of furan rings is 1. The van der Waals surface area contributed by atoms with Gasteiger partial charge in [0.1, 0.15) is 0 Å². The summed E-state index contributed by atoms with van der Waals surface area (Å²) >= 11 is 7.16. The zero-order valence-corrected chi connectivity index (χ0v) is 15.5. The van der Waals surface area contributed by atoms with Crippen molar-refractivity contribution in [3.63, 3.8) is 0 Å². The average molecular weight is 405 g/mol. The zero-order valence-electron chi connectivity index (χ0n) is 13.9. The van der Waals surface area contributed by atoms with Crippen molar-refractivity contribution < 1.29 is 23.5 Å². The van der Waals surface area contributed by atoms with Gasteiger partial charge in [0.05, 0.1) is 39.5 Å². The summed E-state index contributed by atoms with van der Waals surface area (Å²) in [4.78, 5) is 36.4. The topological polar surface area (TPSA) is 97.6 Å². The van der Waals surface area contributed by atoms with Gasteiger partial charge in [0.2, 0.25) is 0 Å². The monoisotopic (exact) mass is 404 g/mol. The molecule has 2 amide bonds. The molecule has 0 unspecified atom stereocenters. The molecule has 3 aromatic rings. The number of hydrogen-bond donors (Lipinski definition) is 2. The summed E-state index contributed by atoms with van der Waals surface area (Å²) in [5, 5.41) is 6.04. The Labute approximate surface area is 162 Å². The van der Waals surface area contributed by atoms with Gasteiger partial charge < -0.3 is 19.8 Å². The lowest BCUT2D eigenvalue weighted by molar-refractivity contribution is 0.0600. The lowest BCUT2D eigenvalue weighted by Gasteiger charge is -2.08. The van der Waals surface area contributed by atoms with Crippen molar-refractivity contribution in [3.8, 4) is 0 Å². The summed E-state index contributed by atoms with van der Waals surface area (Å²) in [5.41, 5.74) is 0.536. The van der Waals surface area contributed by atoms with Crippen molar-refractivity contribution >= 4 is 51.4 Å². The van der Waals surface area contributed by atoms with Crippen molar-refractivity contribution in [1.82, 2.24) is 0 Å². The highest BCUT2D eigenvalue weighted by atomic mass is 35.5. The fraction of sp³-hybridized carbons (Fsp3) is 0.0556. The van der Waals surface area contributed by atoms with Gasteiger partial charge in [-0.25, -0.2) is 4.79 Å². The highest BCUT2D eigenvalue weighted by Gasteiger charge is 2.16. The van der Waals surface area contributed by atoms with Crippen molar-refractivity contribution in [1.29, 1.82) is 0 Å². The second-order valence-corrected chi connectivity index (χ2v) is 6.73. The van der Waals surface area contributed by atoms with Crippen LogP contribution in [0.25, 0.3) is 0 Å². The van der Waals surface area contributed by atoms with E-state index < -0.39 is 17.8 Å². The third-order valence-electron chi connectivity index (χ3n) is 3.45. The molecule has 0 saturated heterocycles. The maximum absolute atomic E-state index is 12.4. The summed E-state index contributed by atoms with van der Waals surface area (Å²) in [6, 6.07) is 10.7. The zero-order chi connectivity index (χ0) is 19.4. The molecular weight excluding hydrogens is 392 g/mol. The molecule has 2 aromatic heterocycles. The predicted molar refractivity (Wildman–Crippen MR) is 102 cm³/mol. The van der Waals surface area contributed by atoms with E-state index in [9.17, 15) is 14.4 Å². The molecule has 7 nitrogen and oxygen atoms in total. The van der Waals surface area contributed by atoms with E-state index in [-0.39, 0.29) is 22.0 Å². The predicted octanol–water partition coefficient (Wildman–Crippen LogP) is 4.29. The number of amides is 2. The number of halogens is 1. The van der Waals surface area contributed by atoms with Gasteiger partial charge in [-0.15, -0.1) is 11.3 Å². The van der Waals surface area contributed by atoms with Gasteiger partial charge in [-0.2, -0.15) is 0 Å². The van der Waals surface area contributed by atoms with Crippen LogP contribution < -0.4 is 10.6 Å². The molecule has 27 heavy (non-hydrogen) atoms. The molecule has 0 aliphatic carbocycles. The second kappa shape index (κ2) is 8.07. The Morgan fingerprint density at radius 2 is 1.89 bits per heavy atom. The molecule has 0 aliphatic heterocycles. The van der Waals surface area contributed by atoms with E-state index in [1.165, 1.54) is 37.6 Å². The Hall–Kier alpha value is -3.10. The lowest BCUT2D eigenvalue weighted by atomic mass is 10.2. The molecule has 3 rings (SSSR count). The van der Waals surface area contributed by atoms with E-state index in [4.69, 9.17) is 16.0 Å². The van der Waals surface area contributed by atoms with Gasteiger partial charge in [0.15, 0.2) is 5.76 Å². The molecule has 0 saturated carbocycles. The maximum Gasteiger partial charge on any atom is 0.337 e. The largest absolute Gasteiger partial charge is 0.465 e. The van der Waals surface area contributed by atoms with Crippen LogP contribution in [0.15, 0.2) is 53.1 Å². The minimum atomic E-state index is -0.541. The minimum absolute atomic E-state index is 0.167. The maximum atomic E-state index is 12.4. The van der Waals surface area contributed by atoms with Crippen LogP contribution in [0.3, 0.4) is 0 Å². The Kier molecular flexibility index (Phi) is 5.58. The molecule has 138 valence electrons. The van der Waals surface area contributed by atoms with Crippen molar-refractivity contribution in [2.75, 3.05) is 17.7 Å². The van der Waals surface area contributed by atoms with Crippen LogP contribution in [-0.2, 0) is 4.74 Å². The molecule has 0 radical (unpaired) electrons. The number of esters is 1. The van der Waals surface area contributed by atoms with Crippen LogP contribution in [0.5, 0.6) is 0 Å². The lowest BCUT2D eigenvalue weighted by Crippen LogP contribution is -2.12. The van der Waals surface area contributed by atoms with E-state index in [1.54, 1.807) is 18.2 Å². The summed E-state index contributed by atoms with van der Waals surface area (Å²) < 4.78 is 9.67. The van der Waals surface area contributed by atoms with Crippen LogP contribution in [0.2, 0.25) is 5.02 Å². The third-order valence-corrected chi connectivity index (χ3v) is 4.78. The number of carbonyl (C=O) groups is 3. The van der Waals surface area contributed by atoms with Gasteiger partial charge in [-0.3, -0.25) is 9.59 Å². The van der Waals surface area contributed by atoms with Gasteiger partial charge in [-0.1, -0.05) is 11.6 Å². The Bertz CT molecular complexity index is 997. The molecule has 1 aromatic carbocycles. The van der Waals surface area contributed by atoms with Crippen LogP contribution in [0.4, 0.5) is 10.7 Å². The number of methoxy groups -OCH3 is 1. The summed E-state index contributed by atoms with van der Waals surface area (Å²) in [5.74, 6) is -1.22. The first-order valence-corrected chi connectivity index (χ1v) is 8.81. The Morgan fingerprint density at radius 3 is 2.59 bits per heavy atom. The summed E-state index contributed by atoms with van der Waals surface area (Å²) in [6.45, 7) is 0. The van der Waals surface area contributed by atoms with E-state index in [0.29, 0.717) is 9.88 Å². The van der Waals surface area contributed by atoms with Crippen LogP contribution in [0.1, 0.15) is 30.6 Å². The average Bonchev–Trinajstić information content (AvgIpc) is 3.34. The SMILES string of the molecule is COC(=O)c1ccc(Cl)c(NC(=O)c2ccc(NC(=O)c3ccco3)s2)c1. The van der Waals surface area contributed by atoms with Crippen molar-refractivity contribution in [3.05, 3.63) is 70.0 Å². The highest BCUT2D eigenvalue weighted by Crippen LogP contribution is 2.27. The molecule has 2 heterocycles. The Morgan fingerprint density at radius 1 is 1.07 bits per heavy atom. The summed E-state index contributed by atoms with van der Waals surface area (Å²) in [7, 11) is 1.26. The quantitative estimate of drug-likeness (QED) is 0.618. The molecule has 0 fully saturated rings. The molecule has 0 spiro atoms. The number of carbonyl (C=O) groups excluding carboxylic acids is 3. The smallest absolute Gasteiger partial charge is 0.337 e. The number of rotatable bonds is 5. The fourth-order valence-corrected chi connectivity index (χ4v) is 3.12. The van der Waals surface area contributed by atoms with Gasteiger partial charge in [0, 0.05) is 0 Å². The van der Waals surface area contributed by atoms with Crippen LogP contribution in [-0.4, -0.2) is 24.9 Å². The minimum Gasteiger partial charge on any atom is -0.465 e. The number of anilines is 2. The molecule has 0 aliphatic rings. The fourth-order valence-electron chi connectivity index (χ4n) is 2.16. The van der Waals surface area contributed by atoms with E-state index in [2.05, 4.69) is 15.4 Å². The molecule has 0 atom stereocenters. The normalized spacial score (nSPS) is 10.3. The standard InChI is InChI=1S/C18H13ClN2O5S/c1-25-18(24)10-4-5-11(19)12(9-10)20-17(23)14-6-7-15(27-14)21-16(22)13-3-2-8-26-13/h2-9H,1H3,(H,20,23)(H,21,22). The van der Waals surface area contributed by atoms with E-state index in [0.717, 1.165) is 11.3 Å². The number of hydrogen-bond acceptors (Lipinski definition) is 6. The summed E-state index contributed by atoms with van der Waals surface area (Å²) in [6.07, 6.45) is 1.40. The molecule has 2 N–H and O–H groups in total. The highest BCUT2D eigenvalue weighted by molar-refractivity contribution is 7.18. The first-order valence-electron chi connectivity index (χ1n) is 7.62. The molecule has 0 bridgehead atoms. The molecular formula is C18H13ClN2O5S. The number of nitrogens with one attached hydrogen (secondary N) is 2. The van der Waals surface area contributed by atoms with Gasteiger partial charge in [-0.05, 0) is 42.5 Å². The van der Waals surface area contributed by atoms with Crippen LogP contribution in [0, 0.1) is 0 Å². The Balaban J connectivity index is 1.71. The van der Waals surface area contributed by atoms with Crippen molar-refractivity contribution in [2.24, 2.45) is 0 Å². The molecule has 9 heteroatoms. The third kappa shape index (κ3) is 4.36. The van der Waals surface area contributed by atoms with E-state index in [1.807, 2.05) is 0 Å². The second-order valence-electron chi connectivity index (χ2n) is 5.24. The number of thiophene rings is 1. The van der Waals surface area contributed by atoms with Crippen LogP contribution >= 0.6 is 22.9 Å². The number of ether oxygens (including phenoxy) is 1. The first-order chi connectivity index (χ1) is 13.0. The van der Waals surface area contributed by atoms with Crippen molar-refractivity contribution in [2.45, 2.75) is 0 Å². The van der Waals surface area contributed by atoms with E-state index >= 15 is 0 Å². The first kappa shape index (κ1) is 18.7. The number of benzene rings is 1. The van der Waals surface area contributed by atoms with Gasteiger partial charge in [0.25, 0.3) is 11.8 Å². The van der Waals surface area contributed by atoms with Gasteiger partial charge >= 0.3 is 5.97 Å².